The Kier molecular flexibility index (Phi) is 7.16. The van der Waals surface area contributed by atoms with Crippen molar-refractivity contribution in [1.29, 1.82) is 0 Å². The highest BCUT2D eigenvalue weighted by atomic mass is 16.5. The van der Waals surface area contributed by atoms with E-state index in [1.165, 1.54) is 25.7 Å². The molecule has 122 valence electrons. The fourth-order valence-electron chi connectivity index (χ4n) is 2.66. The molecule has 0 spiro atoms. The van der Waals surface area contributed by atoms with Crippen molar-refractivity contribution in [3.8, 4) is 0 Å². The van der Waals surface area contributed by atoms with Crippen LogP contribution < -0.4 is 10.2 Å². The summed E-state index contributed by atoms with van der Waals surface area (Å²) >= 11 is 0. The quantitative estimate of drug-likeness (QED) is 0.750. The van der Waals surface area contributed by atoms with E-state index in [1.54, 1.807) is 18.5 Å². The SMILES string of the molecule is CCCCCCCNC(=O)c1ccncc1N1CCOCC1. The van der Waals surface area contributed by atoms with Gasteiger partial charge in [0.2, 0.25) is 0 Å². The van der Waals surface area contributed by atoms with Crippen molar-refractivity contribution in [2.45, 2.75) is 39.0 Å². The molecule has 22 heavy (non-hydrogen) atoms. The van der Waals surface area contributed by atoms with Crippen LogP contribution in [0.4, 0.5) is 5.69 Å². The number of carbonyl (C=O) groups is 1. The fraction of sp³-hybridized carbons (Fsp3) is 0.647. The third-order valence-electron chi connectivity index (χ3n) is 3.96. The monoisotopic (exact) mass is 305 g/mol. The molecule has 1 fully saturated rings. The molecule has 0 unspecified atom stereocenters. The van der Waals surface area contributed by atoms with E-state index in [2.05, 4.69) is 22.1 Å². The summed E-state index contributed by atoms with van der Waals surface area (Å²) in [6, 6.07) is 1.80. The number of unbranched alkanes of at least 4 members (excludes halogenated alkanes) is 4. The number of aromatic nitrogens is 1. The van der Waals surface area contributed by atoms with Gasteiger partial charge in [0.15, 0.2) is 0 Å². The summed E-state index contributed by atoms with van der Waals surface area (Å²) < 4.78 is 5.37. The Bertz CT molecular complexity index is 459. The second kappa shape index (κ2) is 9.41. The van der Waals surface area contributed by atoms with Gasteiger partial charge in [-0.3, -0.25) is 9.78 Å². The summed E-state index contributed by atoms with van der Waals surface area (Å²) in [6.45, 7) is 5.97. The Labute approximate surface area is 133 Å². The molecule has 0 aliphatic carbocycles. The van der Waals surface area contributed by atoms with Crippen LogP contribution in [0.2, 0.25) is 0 Å². The van der Waals surface area contributed by atoms with E-state index in [1.807, 2.05) is 0 Å². The van der Waals surface area contributed by atoms with Crippen LogP contribution in [0.15, 0.2) is 18.5 Å². The Hall–Kier alpha value is -1.62. The Morgan fingerprint density at radius 3 is 2.82 bits per heavy atom. The highest BCUT2D eigenvalue weighted by molar-refractivity contribution is 5.99. The molecule has 2 rings (SSSR count). The molecule has 1 aromatic heterocycles. The molecule has 2 heterocycles. The van der Waals surface area contributed by atoms with E-state index >= 15 is 0 Å². The number of pyridine rings is 1. The van der Waals surface area contributed by atoms with Gasteiger partial charge in [-0.1, -0.05) is 32.6 Å². The van der Waals surface area contributed by atoms with Gasteiger partial charge in [-0.25, -0.2) is 0 Å². The van der Waals surface area contributed by atoms with Crippen molar-refractivity contribution < 1.29 is 9.53 Å². The van der Waals surface area contributed by atoms with E-state index in [0.717, 1.165) is 31.7 Å². The van der Waals surface area contributed by atoms with Crippen LogP contribution in [0.25, 0.3) is 0 Å². The van der Waals surface area contributed by atoms with Gasteiger partial charge in [0.05, 0.1) is 30.7 Å². The van der Waals surface area contributed by atoms with Gasteiger partial charge < -0.3 is 15.0 Å². The lowest BCUT2D eigenvalue weighted by Gasteiger charge is -2.29. The van der Waals surface area contributed by atoms with Gasteiger partial charge in [-0.2, -0.15) is 0 Å². The molecule has 0 saturated carbocycles. The topological polar surface area (TPSA) is 54.5 Å². The van der Waals surface area contributed by atoms with Crippen LogP contribution in [0.1, 0.15) is 49.4 Å². The number of amides is 1. The molecule has 5 nitrogen and oxygen atoms in total. The summed E-state index contributed by atoms with van der Waals surface area (Å²) in [5.41, 5.74) is 1.62. The molecule has 1 aliphatic heterocycles. The van der Waals surface area contributed by atoms with E-state index in [9.17, 15) is 4.79 Å². The lowest BCUT2D eigenvalue weighted by Crippen LogP contribution is -2.38. The normalized spacial score (nSPS) is 14.9. The van der Waals surface area contributed by atoms with E-state index in [0.29, 0.717) is 18.8 Å². The highest BCUT2D eigenvalue weighted by Gasteiger charge is 2.18. The second-order valence-electron chi connectivity index (χ2n) is 5.66. The van der Waals surface area contributed by atoms with Crippen LogP contribution in [0.5, 0.6) is 0 Å². The maximum atomic E-state index is 12.4. The van der Waals surface area contributed by atoms with Gasteiger partial charge in [0.1, 0.15) is 0 Å². The van der Waals surface area contributed by atoms with Gasteiger partial charge >= 0.3 is 0 Å². The molecule has 1 N–H and O–H groups in total. The fourth-order valence-corrected chi connectivity index (χ4v) is 2.66. The minimum Gasteiger partial charge on any atom is -0.378 e. The molecule has 0 bridgehead atoms. The van der Waals surface area contributed by atoms with Crippen molar-refractivity contribution in [2.24, 2.45) is 0 Å². The first-order valence-corrected chi connectivity index (χ1v) is 8.38. The second-order valence-corrected chi connectivity index (χ2v) is 5.66. The van der Waals surface area contributed by atoms with Crippen molar-refractivity contribution in [1.82, 2.24) is 10.3 Å². The number of carbonyl (C=O) groups excluding carboxylic acids is 1. The van der Waals surface area contributed by atoms with E-state index < -0.39 is 0 Å². The van der Waals surface area contributed by atoms with Gasteiger partial charge in [-0.05, 0) is 12.5 Å². The van der Waals surface area contributed by atoms with Crippen LogP contribution in [0, 0.1) is 0 Å². The number of morpholine rings is 1. The van der Waals surface area contributed by atoms with E-state index in [4.69, 9.17) is 4.74 Å². The summed E-state index contributed by atoms with van der Waals surface area (Å²) in [5.74, 6) is -0.000571. The van der Waals surface area contributed by atoms with Crippen molar-refractivity contribution in [2.75, 3.05) is 37.7 Å². The summed E-state index contributed by atoms with van der Waals surface area (Å²) in [7, 11) is 0. The molecule has 1 saturated heterocycles. The molecule has 5 heteroatoms. The summed E-state index contributed by atoms with van der Waals surface area (Å²) in [5, 5.41) is 3.03. The maximum absolute atomic E-state index is 12.4. The smallest absolute Gasteiger partial charge is 0.253 e. The van der Waals surface area contributed by atoms with Crippen molar-refractivity contribution >= 4 is 11.6 Å². The number of nitrogens with zero attached hydrogens (tertiary/aromatic N) is 2. The molecular weight excluding hydrogens is 278 g/mol. The third kappa shape index (κ3) is 4.98. The molecular formula is C17H27N3O2. The zero-order valence-electron chi connectivity index (χ0n) is 13.5. The molecule has 1 amide bonds. The van der Waals surface area contributed by atoms with Crippen LogP contribution in [-0.4, -0.2) is 43.7 Å². The Morgan fingerprint density at radius 2 is 2.05 bits per heavy atom. The first-order chi connectivity index (χ1) is 10.8. The van der Waals surface area contributed by atoms with Gasteiger partial charge in [0.25, 0.3) is 5.91 Å². The highest BCUT2D eigenvalue weighted by Crippen LogP contribution is 2.20. The van der Waals surface area contributed by atoms with E-state index in [-0.39, 0.29) is 5.91 Å². The summed E-state index contributed by atoms with van der Waals surface area (Å²) in [6.07, 6.45) is 9.46. The number of hydrogen-bond donors (Lipinski definition) is 1. The van der Waals surface area contributed by atoms with Crippen LogP contribution in [-0.2, 0) is 4.74 Å². The lowest BCUT2D eigenvalue weighted by molar-refractivity contribution is 0.0951. The minimum atomic E-state index is -0.000571. The van der Waals surface area contributed by atoms with Crippen molar-refractivity contribution in [3.63, 3.8) is 0 Å². The average Bonchev–Trinajstić information content (AvgIpc) is 2.58. The van der Waals surface area contributed by atoms with Crippen LogP contribution >= 0.6 is 0 Å². The molecule has 1 aromatic rings. The first-order valence-electron chi connectivity index (χ1n) is 8.38. The number of hydrogen-bond acceptors (Lipinski definition) is 4. The molecule has 1 aliphatic rings. The molecule has 0 radical (unpaired) electrons. The predicted octanol–water partition coefficient (Wildman–Crippen LogP) is 2.62. The zero-order chi connectivity index (χ0) is 15.6. The summed E-state index contributed by atoms with van der Waals surface area (Å²) in [4.78, 5) is 18.7. The van der Waals surface area contributed by atoms with Crippen LogP contribution in [0.3, 0.4) is 0 Å². The number of nitrogens with one attached hydrogen (secondary N) is 1. The Balaban J connectivity index is 1.86. The third-order valence-corrected chi connectivity index (χ3v) is 3.96. The standard InChI is InChI=1S/C17H27N3O2/c1-2-3-4-5-6-8-19-17(21)15-7-9-18-14-16(15)20-10-12-22-13-11-20/h7,9,14H,2-6,8,10-13H2,1H3,(H,19,21). The largest absolute Gasteiger partial charge is 0.378 e. The zero-order valence-corrected chi connectivity index (χ0v) is 13.5. The van der Waals surface area contributed by atoms with Gasteiger partial charge in [0, 0.05) is 25.8 Å². The predicted molar refractivity (Wildman–Crippen MR) is 88.4 cm³/mol. The number of ether oxygens (including phenoxy) is 1. The maximum Gasteiger partial charge on any atom is 0.253 e. The Morgan fingerprint density at radius 1 is 1.27 bits per heavy atom. The number of rotatable bonds is 8. The lowest BCUT2D eigenvalue weighted by atomic mass is 10.1. The minimum absolute atomic E-state index is 0.000571. The number of anilines is 1. The molecule has 0 aromatic carbocycles. The average molecular weight is 305 g/mol. The van der Waals surface area contributed by atoms with Crippen molar-refractivity contribution in [3.05, 3.63) is 24.0 Å². The van der Waals surface area contributed by atoms with Gasteiger partial charge in [-0.15, -0.1) is 0 Å². The molecule has 0 atom stereocenters. The first kappa shape index (κ1) is 16.7.